The monoisotopic (exact) mass is 452 g/mol. The van der Waals surface area contributed by atoms with Gasteiger partial charge in [-0.3, -0.25) is 0 Å². The fourth-order valence-electron chi connectivity index (χ4n) is 3.18. The molecule has 0 N–H and O–H groups in total. The van der Waals surface area contributed by atoms with Crippen LogP contribution in [0.25, 0.3) is 23.0 Å². The predicted molar refractivity (Wildman–Crippen MR) is 123 cm³/mol. The van der Waals surface area contributed by atoms with E-state index in [1.165, 1.54) is 11.1 Å². The summed E-state index contributed by atoms with van der Waals surface area (Å²) in [4.78, 5) is 4.48. The van der Waals surface area contributed by atoms with E-state index in [2.05, 4.69) is 41.3 Å². The van der Waals surface area contributed by atoms with Crippen LogP contribution in [0.2, 0.25) is 0 Å². The van der Waals surface area contributed by atoms with Crippen LogP contribution in [0.3, 0.4) is 0 Å². The lowest BCUT2D eigenvalue weighted by atomic mass is 10.1. The first kappa shape index (κ1) is 21.8. The lowest BCUT2D eigenvalue weighted by molar-refractivity contribution is 0.324. The second-order valence-corrected chi connectivity index (χ2v) is 8.07. The molecule has 0 atom stereocenters. The van der Waals surface area contributed by atoms with E-state index in [0.29, 0.717) is 40.3 Å². The van der Waals surface area contributed by atoms with Crippen molar-refractivity contribution in [3.8, 4) is 40.3 Å². The molecule has 0 radical (unpaired) electrons. The molecule has 0 aliphatic rings. The van der Waals surface area contributed by atoms with Crippen molar-refractivity contribution in [1.29, 1.82) is 0 Å². The van der Waals surface area contributed by atoms with Gasteiger partial charge in [-0.25, -0.2) is 0 Å². The molecule has 2 heterocycles. The van der Waals surface area contributed by atoms with Crippen molar-refractivity contribution in [2.24, 2.45) is 0 Å². The Balaban J connectivity index is 1.46. The minimum atomic E-state index is 0.309. The van der Waals surface area contributed by atoms with Gasteiger partial charge in [0.15, 0.2) is 17.3 Å². The largest absolute Gasteiger partial charge is 0.493 e. The molecule has 0 saturated carbocycles. The van der Waals surface area contributed by atoms with E-state index < -0.39 is 0 Å². The maximum Gasteiger partial charge on any atom is 0.293 e. The highest BCUT2D eigenvalue weighted by molar-refractivity contribution is 7.97. The maximum absolute atomic E-state index is 5.92. The van der Waals surface area contributed by atoms with Gasteiger partial charge < -0.3 is 23.2 Å². The number of rotatable bonds is 9. The third-order valence-corrected chi connectivity index (χ3v) is 5.88. The highest BCUT2D eigenvalue weighted by Crippen LogP contribution is 2.40. The molecule has 0 saturated heterocycles. The number of benzene rings is 2. The normalized spacial score (nSPS) is 10.9. The van der Waals surface area contributed by atoms with Gasteiger partial charge in [-0.15, -0.1) is 11.8 Å². The average Bonchev–Trinajstić information content (AvgIpc) is 3.49. The number of methoxy groups -OCH3 is 3. The van der Waals surface area contributed by atoms with Crippen LogP contribution >= 0.6 is 11.8 Å². The first-order valence-corrected chi connectivity index (χ1v) is 11.1. The second kappa shape index (κ2) is 9.82. The zero-order valence-corrected chi connectivity index (χ0v) is 19.2. The Bertz CT molecular complexity index is 1160. The first-order chi connectivity index (χ1) is 15.6. The molecule has 0 spiro atoms. The molecular formula is C24H24N2O5S. The van der Waals surface area contributed by atoms with Gasteiger partial charge in [0.1, 0.15) is 5.76 Å². The number of furan rings is 1. The standard InChI is InChI=1S/C24H24N2O5S/c1-15-5-7-16(8-6-15)13-32-14-18-9-10-19(30-18)24-25-23(26-31-24)17-11-20(27-2)22(29-4)21(12-17)28-3/h5-12H,13-14H2,1-4H3. The van der Waals surface area contributed by atoms with Crippen LogP contribution in [0.4, 0.5) is 0 Å². The Morgan fingerprint density at radius 2 is 1.59 bits per heavy atom. The minimum absolute atomic E-state index is 0.309. The number of hydrogen-bond donors (Lipinski definition) is 0. The summed E-state index contributed by atoms with van der Waals surface area (Å²) in [5.41, 5.74) is 3.23. The summed E-state index contributed by atoms with van der Waals surface area (Å²) < 4.78 is 27.5. The average molecular weight is 453 g/mol. The molecule has 7 nitrogen and oxygen atoms in total. The van der Waals surface area contributed by atoms with Crippen molar-refractivity contribution in [3.05, 3.63) is 65.4 Å². The molecule has 166 valence electrons. The second-order valence-electron chi connectivity index (χ2n) is 7.08. The highest BCUT2D eigenvalue weighted by Gasteiger charge is 2.19. The molecule has 0 bridgehead atoms. The molecule has 2 aromatic carbocycles. The third-order valence-electron chi connectivity index (χ3n) is 4.86. The van der Waals surface area contributed by atoms with Crippen LogP contribution in [-0.2, 0) is 11.5 Å². The van der Waals surface area contributed by atoms with E-state index in [1.807, 2.05) is 12.1 Å². The topological polar surface area (TPSA) is 79.8 Å². The van der Waals surface area contributed by atoms with Crippen LogP contribution < -0.4 is 14.2 Å². The van der Waals surface area contributed by atoms with Gasteiger partial charge in [0.25, 0.3) is 5.89 Å². The molecular weight excluding hydrogens is 428 g/mol. The van der Waals surface area contributed by atoms with E-state index in [4.69, 9.17) is 23.2 Å². The van der Waals surface area contributed by atoms with Crippen molar-refractivity contribution < 1.29 is 23.2 Å². The summed E-state index contributed by atoms with van der Waals surface area (Å²) in [6.45, 7) is 2.09. The van der Waals surface area contributed by atoms with E-state index in [1.54, 1.807) is 45.2 Å². The zero-order valence-electron chi connectivity index (χ0n) is 18.4. The molecule has 0 fully saturated rings. The van der Waals surface area contributed by atoms with Gasteiger partial charge >= 0.3 is 0 Å². The Labute approximate surface area is 190 Å². The number of thioether (sulfide) groups is 1. The van der Waals surface area contributed by atoms with Crippen molar-refractivity contribution in [3.63, 3.8) is 0 Å². The number of ether oxygens (including phenoxy) is 3. The smallest absolute Gasteiger partial charge is 0.293 e. The van der Waals surface area contributed by atoms with Gasteiger partial charge in [-0.2, -0.15) is 4.98 Å². The first-order valence-electron chi connectivity index (χ1n) is 9.97. The quantitative estimate of drug-likeness (QED) is 0.317. The molecule has 0 amide bonds. The number of hydrogen-bond acceptors (Lipinski definition) is 8. The molecule has 0 unspecified atom stereocenters. The van der Waals surface area contributed by atoms with Crippen LogP contribution in [0.1, 0.15) is 16.9 Å². The molecule has 0 aliphatic carbocycles. The summed E-state index contributed by atoms with van der Waals surface area (Å²) in [6.07, 6.45) is 0. The highest BCUT2D eigenvalue weighted by atomic mass is 32.2. The fraction of sp³-hybridized carbons (Fsp3) is 0.250. The summed E-state index contributed by atoms with van der Waals surface area (Å²) in [7, 11) is 4.67. The van der Waals surface area contributed by atoms with Crippen LogP contribution in [0, 0.1) is 6.92 Å². The van der Waals surface area contributed by atoms with Gasteiger partial charge in [0.2, 0.25) is 11.6 Å². The minimum Gasteiger partial charge on any atom is -0.493 e. The van der Waals surface area contributed by atoms with Crippen LogP contribution in [0.5, 0.6) is 17.2 Å². The SMILES string of the molecule is COc1cc(-c2noc(-c3ccc(CSCc4ccc(C)cc4)o3)n2)cc(OC)c1OC. The van der Waals surface area contributed by atoms with Crippen molar-refractivity contribution in [2.45, 2.75) is 18.4 Å². The summed E-state index contributed by atoms with van der Waals surface area (Å²) in [5.74, 6) is 5.28. The predicted octanol–water partition coefficient (Wildman–Crippen LogP) is 5.76. The van der Waals surface area contributed by atoms with Gasteiger partial charge in [-0.05, 0) is 36.8 Å². The van der Waals surface area contributed by atoms with E-state index in [0.717, 1.165) is 17.3 Å². The molecule has 2 aromatic heterocycles. The van der Waals surface area contributed by atoms with Gasteiger partial charge in [0.05, 0.1) is 27.1 Å². The number of aromatic nitrogens is 2. The zero-order chi connectivity index (χ0) is 22.5. The lowest BCUT2D eigenvalue weighted by Crippen LogP contribution is -1.96. The maximum atomic E-state index is 5.92. The van der Waals surface area contributed by atoms with E-state index >= 15 is 0 Å². The molecule has 4 rings (SSSR count). The Morgan fingerprint density at radius 1 is 0.875 bits per heavy atom. The van der Waals surface area contributed by atoms with Gasteiger partial charge in [-0.1, -0.05) is 35.0 Å². The van der Waals surface area contributed by atoms with Crippen molar-refractivity contribution >= 4 is 11.8 Å². The summed E-state index contributed by atoms with van der Waals surface area (Å²) >= 11 is 1.79. The van der Waals surface area contributed by atoms with E-state index in [9.17, 15) is 0 Å². The van der Waals surface area contributed by atoms with Gasteiger partial charge in [0, 0.05) is 11.3 Å². The fourth-order valence-corrected chi connectivity index (χ4v) is 4.06. The summed E-state index contributed by atoms with van der Waals surface area (Å²) in [6, 6.07) is 15.9. The Hall–Kier alpha value is -3.39. The lowest BCUT2D eigenvalue weighted by Gasteiger charge is -2.12. The molecule has 4 aromatic rings. The summed E-state index contributed by atoms with van der Waals surface area (Å²) in [5, 5.41) is 4.08. The van der Waals surface area contributed by atoms with Crippen molar-refractivity contribution in [1.82, 2.24) is 10.1 Å². The Kier molecular flexibility index (Phi) is 6.70. The molecule has 8 heteroatoms. The molecule has 32 heavy (non-hydrogen) atoms. The third kappa shape index (κ3) is 4.75. The van der Waals surface area contributed by atoms with Crippen LogP contribution in [-0.4, -0.2) is 31.5 Å². The number of nitrogens with zero attached hydrogens (tertiary/aromatic N) is 2. The number of aryl methyl sites for hydroxylation is 1. The van der Waals surface area contributed by atoms with E-state index in [-0.39, 0.29) is 0 Å². The Morgan fingerprint density at radius 3 is 2.25 bits per heavy atom. The van der Waals surface area contributed by atoms with Crippen LogP contribution in [0.15, 0.2) is 57.5 Å². The molecule has 0 aliphatic heterocycles. The van der Waals surface area contributed by atoms with Crippen molar-refractivity contribution in [2.75, 3.05) is 21.3 Å².